The second-order valence-corrected chi connectivity index (χ2v) is 13.2. The van der Waals surface area contributed by atoms with E-state index in [0.29, 0.717) is 17.7 Å². The van der Waals surface area contributed by atoms with E-state index >= 15 is 0 Å². The number of rotatable bonds is 5. The summed E-state index contributed by atoms with van der Waals surface area (Å²) in [5.74, 6) is 2.54. The minimum absolute atomic E-state index is 0.549. The number of imidazole rings is 1. The van der Waals surface area contributed by atoms with Crippen LogP contribution >= 0.6 is 0 Å². The molecule has 0 bridgehead atoms. The summed E-state index contributed by atoms with van der Waals surface area (Å²) in [7, 11) is 0. The van der Waals surface area contributed by atoms with Gasteiger partial charge in [-0.25, -0.2) is 4.98 Å². The Balaban J connectivity index is 1.20. The molecule has 4 aromatic heterocycles. The molecule has 0 unspecified atom stereocenters. The molecule has 0 amide bonds. The lowest BCUT2D eigenvalue weighted by Crippen LogP contribution is -2.10. The summed E-state index contributed by atoms with van der Waals surface area (Å²) in [4.78, 5) is 21.0. The van der Waals surface area contributed by atoms with Gasteiger partial charge in [0, 0.05) is 38.4 Å². The van der Waals surface area contributed by atoms with Crippen molar-refractivity contribution in [3.05, 3.63) is 176 Å². The number of benzene rings is 7. The molecule has 7 nitrogen and oxygen atoms in total. The van der Waals surface area contributed by atoms with Gasteiger partial charge >= 0.3 is 0 Å². The number of hydrogen-bond acceptors (Lipinski definition) is 4. The molecule has 11 aromatic rings. The Morgan fingerprint density at radius 2 is 0.774 bits per heavy atom. The van der Waals surface area contributed by atoms with E-state index in [9.17, 15) is 0 Å². The quantitative estimate of drug-likeness (QED) is 0.182. The minimum atomic E-state index is 0.549. The third-order valence-corrected chi connectivity index (χ3v) is 10.1. The Kier molecular flexibility index (Phi) is 6.42. The van der Waals surface area contributed by atoms with Crippen LogP contribution in [0.2, 0.25) is 0 Å². The second-order valence-electron chi connectivity index (χ2n) is 13.2. The Morgan fingerprint density at radius 3 is 1.32 bits per heavy atom. The van der Waals surface area contributed by atoms with Gasteiger partial charge in [0.15, 0.2) is 5.82 Å². The summed E-state index contributed by atoms with van der Waals surface area (Å²) in [6, 6.07) is 60.8. The van der Waals surface area contributed by atoms with Crippen LogP contribution in [0.15, 0.2) is 176 Å². The van der Waals surface area contributed by atoms with E-state index in [1.165, 1.54) is 0 Å². The van der Waals surface area contributed by atoms with Crippen LogP contribution in [0.4, 0.5) is 0 Å². The number of fused-ring (bicyclic) bond motifs is 7. The molecule has 7 heteroatoms. The van der Waals surface area contributed by atoms with Gasteiger partial charge in [0.2, 0.25) is 11.9 Å². The highest BCUT2D eigenvalue weighted by Gasteiger charge is 2.21. The lowest BCUT2D eigenvalue weighted by molar-refractivity contribution is 0.892. The highest BCUT2D eigenvalue weighted by atomic mass is 15.3. The number of para-hydroxylation sites is 6. The molecule has 0 spiro atoms. The predicted molar refractivity (Wildman–Crippen MR) is 214 cm³/mol. The van der Waals surface area contributed by atoms with E-state index in [4.69, 9.17) is 19.9 Å². The number of aromatic nitrogens is 7. The lowest BCUT2D eigenvalue weighted by atomic mass is 10.1. The van der Waals surface area contributed by atoms with Gasteiger partial charge in [0.25, 0.3) is 0 Å². The van der Waals surface area contributed by atoms with Crippen molar-refractivity contribution < 1.29 is 0 Å². The Bertz CT molecular complexity index is 2950. The van der Waals surface area contributed by atoms with Crippen LogP contribution in [0.5, 0.6) is 0 Å². The average molecular weight is 680 g/mol. The van der Waals surface area contributed by atoms with Crippen LogP contribution in [0.1, 0.15) is 0 Å². The average Bonchev–Trinajstić information content (AvgIpc) is 3.89. The maximum Gasteiger partial charge on any atom is 0.240 e. The van der Waals surface area contributed by atoms with Crippen LogP contribution in [0, 0.1) is 0 Å². The largest absolute Gasteiger partial charge is 0.292 e. The zero-order chi connectivity index (χ0) is 34.9. The van der Waals surface area contributed by atoms with Crippen LogP contribution in [-0.4, -0.2) is 33.6 Å². The Labute approximate surface area is 303 Å². The van der Waals surface area contributed by atoms with Crippen LogP contribution in [-0.2, 0) is 0 Å². The fourth-order valence-electron chi connectivity index (χ4n) is 7.81. The first kappa shape index (κ1) is 29.4. The molecule has 11 rings (SSSR count). The monoisotopic (exact) mass is 679 g/mol. The van der Waals surface area contributed by atoms with E-state index < -0.39 is 0 Å². The first-order valence-electron chi connectivity index (χ1n) is 17.7. The Hall–Kier alpha value is -7.38. The maximum atomic E-state index is 5.30. The van der Waals surface area contributed by atoms with Gasteiger partial charge in [-0.3, -0.25) is 13.7 Å². The van der Waals surface area contributed by atoms with Crippen molar-refractivity contribution >= 4 is 54.6 Å². The van der Waals surface area contributed by atoms with E-state index in [1.54, 1.807) is 0 Å². The molecular formula is C46H29N7. The number of hydrogen-bond donors (Lipinski definition) is 0. The molecule has 0 aliphatic heterocycles. The fourth-order valence-corrected chi connectivity index (χ4v) is 7.81. The first-order chi connectivity index (χ1) is 26.3. The van der Waals surface area contributed by atoms with E-state index in [1.807, 2.05) is 24.3 Å². The number of nitrogens with zero attached hydrogens (tertiary/aromatic N) is 7. The van der Waals surface area contributed by atoms with Crippen molar-refractivity contribution in [1.29, 1.82) is 0 Å². The Morgan fingerprint density at radius 1 is 0.321 bits per heavy atom. The molecule has 53 heavy (non-hydrogen) atoms. The molecule has 0 aliphatic carbocycles. The lowest BCUT2D eigenvalue weighted by Gasteiger charge is -2.14. The van der Waals surface area contributed by atoms with Gasteiger partial charge < -0.3 is 0 Å². The zero-order valence-electron chi connectivity index (χ0n) is 28.4. The standard InChI is InChI=1S/C46H29N7/c1-2-15-30(16-3-1)44-47-37-23-8-13-28-42(37)51(44)32-18-14-17-31(29-32)43-48-45(52-38-24-9-4-19-33(38)34-20-5-10-25-39(34)52)50-46(49-43)53-40-26-11-6-21-35(40)36-22-7-12-27-41(36)53/h1-29H. The molecule has 0 radical (unpaired) electrons. The summed E-state index contributed by atoms with van der Waals surface area (Å²) in [5, 5.41) is 4.58. The van der Waals surface area contributed by atoms with Crippen LogP contribution in [0.25, 0.3) is 95.0 Å². The minimum Gasteiger partial charge on any atom is -0.292 e. The van der Waals surface area contributed by atoms with Crippen molar-refractivity contribution in [1.82, 2.24) is 33.6 Å². The zero-order valence-corrected chi connectivity index (χ0v) is 28.4. The smallest absolute Gasteiger partial charge is 0.240 e. The highest BCUT2D eigenvalue weighted by Crippen LogP contribution is 2.35. The van der Waals surface area contributed by atoms with Gasteiger partial charge in [0.1, 0.15) is 5.82 Å². The van der Waals surface area contributed by atoms with Crippen molar-refractivity contribution in [2.75, 3.05) is 0 Å². The van der Waals surface area contributed by atoms with Crippen molar-refractivity contribution in [2.45, 2.75) is 0 Å². The molecule has 0 aliphatic rings. The van der Waals surface area contributed by atoms with Crippen LogP contribution in [0.3, 0.4) is 0 Å². The fraction of sp³-hybridized carbons (Fsp3) is 0. The maximum absolute atomic E-state index is 5.30. The summed E-state index contributed by atoms with van der Waals surface area (Å²) < 4.78 is 6.54. The van der Waals surface area contributed by atoms with E-state index in [2.05, 4.69) is 165 Å². The first-order valence-corrected chi connectivity index (χ1v) is 17.7. The predicted octanol–water partition coefficient (Wildman–Crippen LogP) is 10.7. The van der Waals surface area contributed by atoms with E-state index in [0.717, 1.165) is 77.3 Å². The van der Waals surface area contributed by atoms with Gasteiger partial charge in [-0.05, 0) is 48.5 Å². The second kappa shape index (κ2) is 11.6. The van der Waals surface area contributed by atoms with Gasteiger partial charge in [-0.15, -0.1) is 0 Å². The normalized spacial score (nSPS) is 11.8. The van der Waals surface area contributed by atoms with Crippen molar-refractivity contribution in [2.24, 2.45) is 0 Å². The van der Waals surface area contributed by atoms with Gasteiger partial charge in [-0.2, -0.15) is 15.0 Å². The summed E-state index contributed by atoms with van der Waals surface area (Å²) >= 11 is 0. The third kappa shape index (κ3) is 4.54. The van der Waals surface area contributed by atoms with Crippen molar-refractivity contribution in [3.8, 4) is 40.4 Å². The third-order valence-electron chi connectivity index (χ3n) is 10.1. The molecule has 0 N–H and O–H groups in total. The molecule has 0 fully saturated rings. The van der Waals surface area contributed by atoms with Crippen molar-refractivity contribution in [3.63, 3.8) is 0 Å². The molecule has 7 aromatic carbocycles. The SMILES string of the molecule is c1ccc(-c2nc3ccccc3n2-c2cccc(-c3nc(-n4c5ccccc5c5ccccc54)nc(-n4c5ccccc5c5ccccc54)n3)c2)cc1. The van der Waals surface area contributed by atoms with E-state index in [-0.39, 0.29) is 0 Å². The highest BCUT2D eigenvalue weighted by molar-refractivity contribution is 6.10. The molecule has 0 saturated heterocycles. The molecular weight excluding hydrogens is 651 g/mol. The summed E-state index contributed by atoms with van der Waals surface area (Å²) in [6.07, 6.45) is 0. The van der Waals surface area contributed by atoms with Gasteiger partial charge in [0.05, 0.1) is 33.1 Å². The van der Waals surface area contributed by atoms with Crippen LogP contribution < -0.4 is 0 Å². The summed E-state index contributed by atoms with van der Waals surface area (Å²) in [5.41, 5.74) is 8.95. The summed E-state index contributed by atoms with van der Waals surface area (Å²) in [6.45, 7) is 0. The molecule has 0 saturated carbocycles. The van der Waals surface area contributed by atoms with Gasteiger partial charge in [-0.1, -0.05) is 127 Å². The molecule has 0 atom stereocenters. The topological polar surface area (TPSA) is 66.3 Å². The molecule has 248 valence electrons. The molecule has 4 heterocycles.